The molecule has 0 unspecified atom stereocenters. The van der Waals surface area contributed by atoms with Crippen molar-refractivity contribution in [2.75, 3.05) is 5.32 Å². The van der Waals surface area contributed by atoms with E-state index in [1.54, 1.807) is 0 Å². The molecule has 1 heterocycles. The Morgan fingerprint density at radius 3 is 2.80 bits per heavy atom. The predicted octanol–water partition coefficient (Wildman–Crippen LogP) is 2.43. The number of hydrogen-bond acceptors (Lipinski definition) is 5. The fourth-order valence-corrected chi connectivity index (χ4v) is 1.50. The van der Waals surface area contributed by atoms with Crippen molar-refractivity contribution < 1.29 is 14.1 Å². The molecule has 0 spiro atoms. The number of amides is 1. The van der Waals surface area contributed by atoms with Gasteiger partial charge in [-0.05, 0) is 12.1 Å². The Morgan fingerprint density at radius 2 is 2.15 bits per heavy atom. The second-order valence-electron chi connectivity index (χ2n) is 3.58. The van der Waals surface area contributed by atoms with E-state index >= 15 is 0 Å². The van der Waals surface area contributed by atoms with Gasteiger partial charge in [-0.3, -0.25) is 20.2 Å². The van der Waals surface area contributed by atoms with Crippen molar-refractivity contribution in [2.24, 2.45) is 0 Å². The average Bonchev–Trinajstić information content (AvgIpc) is 2.38. The number of carbonyl (C=O) groups is 1. The smallest absolute Gasteiger partial charge is 0.270 e. The SMILES string of the molecule is O=C(Nc1nccc(Cl)n1)c1cc([N+](=O)[O-])ccc1F. The molecule has 7 nitrogen and oxygen atoms in total. The number of aromatic nitrogens is 2. The molecule has 1 aromatic heterocycles. The molecular weight excluding hydrogens is 291 g/mol. The summed E-state index contributed by atoms with van der Waals surface area (Å²) < 4.78 is 13.5. The van der Waals surface area contributed by atoms with Crippen molar-refractivity contribution in [2.45, 2.75) is 0 Å². The van der Waals surface area contributed by atoms with Crippen LogP contribution in [0.3, 0.4) is 0 Å². The van der Waals surface area contributed by atoms with Gasteiger partial charge in [-0.2, -0.15) is 0 Å². The van der Waals surface area contributed by atoms with Crippen LogP contribution in [0, 0.1) is 15.9 Å². The Hall–Kier alpha value is -2.61. The van der Waals surface area contributed by atoms with Crippen LogP contribution in [0.25, 0.3) is 0 Å². The first kappa shape index (κ1) is 13.8. The summed E-state index contributed by atoms with van der Waals surface area (Å²) in [5.41, 5.74) is -0.883. The Labute approximate surface area is 116 Å². The molecule has 0 aliphatic rings. The zero-order valence-electron chi connectivity index (χ0n) is 9.71. The van der Waals surface area contributed by atoms with Crippen LogP contribution in [0.2, 0.25) is 5.15 Å². The molecule has 20 heavy (non-hydrogen) atoms. The summed E-state index contributed by atoms with van der Waals surface area (Å²) in [6.45, 7) is 0. The zero-order valence-corrected chi connectivity index (χ0v) is 10.5. The number of nitro benzene ring substituents is 1. The molecule has 0 saturated carbocycles. The third-order valence-electron chi connectivity index (χ3n) is 2.25. The topological polar surface area (TPSA) is 98.0 Å². The van der Waals surface area contributed by atoms with E-state index in [1.807, 2.05) is 0 Å². The van der Waals surface area contributed by atoms with E-state index in [9.17, 15) is 19.3 Å². The van der Waals surface area contributed by atoms with Crippen molar-refractivity contribution >= 4 is 29.1 Å². The number of benzene rings is 1. The average molecular weight is 297 g/mol. The summed E-state index contributed by atoms with van der Waals surface area (Å²) >= 11 is 5.61. The Kier molecular flexibility index (Phi) is 3.85. The molecule has 0 saturated heterocycles. The Bertz CT molecular complexity index is 695. The molecule has 0 aliphatic carbocycles. The highest BCUT2D eigenvalue weighted by molar-refractivity contribution is 6.29. The van der Waals surface area contributed by atoms with E-state index in [2.05, 4.69) is 15.3 Å². The van der Waals surface area contributed by atoms with Crippen LogP contribution in [0.1, 0.15) is 10.4 Å². The third-order valence-corrected chi connectivity index (χ3v) is 2.46. The summed E-state index contributed by atoms with van der Waals surface area (Å²) in [7, 11) is 0. The fraction of sp³-hybridized carbons (Fsp3) is 0. The number of anilines is 1. The van der Waals surface area contributed by atoms with Gasteiger partial charge in [0.1, 0.15) is 11.0 Å². The third kappa shape index (κ3) is 3.04. The summed E-state index contributed by atoms with van der Waals surface area (Å²) in [5.74, 6) is -1.93. The number of non-ortho nitro benzene ring substituents is 1. The van der Waals surface area contributed by atoms with Gasteiger partial charge in [-0.25, -0.2) is 14.4 Å². The monoisotopic (exact) mass is 296 g/mol. The lowest BCUT2D eigenvalue weighted by atomic mass is 10.2. The van der Waals surface area contributed by atoms with Gasteiger partial charge in [-0.15, -0.1) is 0 Å². The van der Waals surface area contributed by atoms with Crippen molar-refractivity contribution in [3.63, 3.8) is 0 Å². The van der Waals surface area contributed by atoms with Crippen LogP contribution in [0.4, 0.5) is 16.0 Å². The molecule has 0 aliphatic heterocycles. The lowest BCUT2D eigenvalue weighted by molar-refractivity contribution is -0.384. The maximum Gasteiger partial charge on any atom is 0.270 e. The van der Waals surface area contributed by atoms with Gasteiger partial charge < -0.3 is 0 Å². The van der Waals surface area contributed by atoms with E-state index in [0.717, 1.165) is 18.2 Å². The van der Waals surface area contributed by atoms with Gasteiger partial charge in [0, 0.05) is 18.3 Å². The van der Waals surface area contributed by atoms with Crippen molar-refractivity contribution in [3.8, 4) is 0 Å². The number of nitro groups is 1. The van der Waals surface area contributed by atoms with E-state index in [4.69, 9.17) is 11.6 Å². The standard InChI is InChI=1S/C11H6ClFN4O3/c12-9-3-4-14-11(15-9)16-10(18)7-5-6(17(19)20)1-2-8(7)13/h1-5H,(H,14,15,16,18). The molecule has 2 aromatic rings. The lowest BCUT2D eigenvalue weighted by Crippen LogP contribution is -2.16. The summed E-state index contributed by atoms with van der Waals surface area (Å²) in [5, 5.41) is 12.9. The van der Waals surface area contributed by atoms with Crippen LogP contribution in [0.5, 0.6) is 0 Å². The number of nitrogens with zero attached hydrogens (tertiary/aromatic N) is 3. The largest absolute Gasteiger partial charge is 0.290 e. The molecule has 0 fully saturated rings. The number of nitrogens with one attached hydrogen (secondary N) is 1. The molecule has 102 valence electrons. The molecule has 1 aromatic carbocycles. The van der Waals surface area contributed by atoms with Crippen molar-refractivity contribution in [1.29, 1.82) is 0 Å². The van der Waals surface area contributed by atoms with Crippen LogP contribution in [-0.2, 0) is 0 Å². The van der Waals surface area contributed by atoms with Crippen LogP contribution < -0.4 is 5.32 Å². The van der Waals surface area contributed by atoms with Gasteiger partial charge in [0.05, 0.1) is 10.5 Å². The maximum absolute atomic E-state index is 13.5. The minimum absolute atomic E-state index is 0.0924. The van der Waals surface area contributed by atoms with Crippen molar-refractivity contribution in [3.05, 3.63) is 57.1 Å². The molecular formula is C11H6ClFN4O3. The minimum atomic E-state index is -0.909. The van der Waals surface area contributed by atoms with E-state index in [-0.39, 0.29) is 11.1 Å². The highest BCUT2D eigenvalue weighted by atomic mass is 35.5. The van der Waals surface area contributed by atoms with Crippen LogP contribution in [0.15, 0.2) is 30.5 Å². The second-order valence-corrected chi connectivity index (χ2v) is 3.97. The highest BCUT2D eigenvalue weighted by Crippen LogP contribution is 2.18. The van der Waals surface area contributed by atoms with Crippen LogP contribution in [-0.4, -0.2) is 20.8 Å². The maximum atomic E-state index is 13.5. The first-order valence-corrected chi connectivity index (χ1v) is 5.59. The predicted molar refractivity (Wildman–Crippen MR) is 68.0 cm³/mol. The van der Waals surface area contributed by atoms with E-state index in [1.165, 1.54) is 12.3 Å². The van der Waals surface area contributed by atoms with Gasteiger partial charge in [0.2, 0.25) is 5.95 Å². The number of hydrogen-bond donors (Lipinski definition) is 1. The summed E-state index contributed by atoms with van der Waals surface area (Å²) in [6.07, 6.45) is 1.30. The van der Waals surface area contributed by atoms with Gasteiger partial charge in [0.15, 0.2) is 0 Å². The van der Waals surface area contributed by atoms with Gasteiger partial charge >= 0.3 is 0 Å². The lowest BCUT2D eigenvalue weighted by Gasteiger charge is -2.04. The molecule has 0 radical (unpaired) electrons. The van der Waals surface area contributed by atoms with E-state index in [0.29, 0.717) is 0 Å². The van der Waals surface area contributed by atoms with Gasteiger partial charge in [0.25, 0.3) is 11.6 Å². The summed E-state index contributed by atoms with van der Waals surface area (Å²) in [4.78, 5) is 29.1. The first-order chi connectivity index (χ1) is 9.47. The quantitative estimate of drug-likeness (QED) is 0.533. The minimum Gasteiger partial charge on any atom is -0.290 e. The highest BCUT2D eigenvalue weighted by Gasteiger charge is 2.17. The number of rotatable bonds is 3. The molecule has 2 rings (SSSR count). The Balaban J connectivity index is 2.29. The Morgan fingerprint density at radius 1 is 1.40 bits per heavy atom. The van der Waals surface area contributed by atoms with Gasteiger partial charge in [-0.1, -0.05) is 11.6 Å². The van der Waals surface area contributed by atoms with Crippen molar-refractivity contribution in [1.82, 2.24) is 9.97 Å². The molecule has 1 amide bonds. The van der Waals surface area contributed by atoms with Crippen LogP contribution >= 0.6 is 11.6 Å². The molecule has 0 atom stereocenters. The molecule has 9 heteroatoms. The normalized spacial score (nSPS) is 10.1. The number of carbonyl (C=O) groups excluding carboxylic acids is 1. The zero-order chi connectivity index (χ0) is 14.7. The fourth-order valence-electron chi connectivity index (χ4n) is 1.37. The number of halogens is 2. The first-order valence-electron chi connectivity index (χ1n) is 5.21. The molecule has 1 N–H and O–H groups in total. The molecule has 0 bridgehead atoms. The summed E-state index contributed by atoms with van der Waals surface area (Å²) in [6, 6.07) is 4.02. The second kappa shape index (κ2) is 5.57. The van der Waals surface area contributed by atoms with E-state index < -0.39 is 27.9 Å².